The third kappa shape index (κ3) is 47.8. The van der Waals surface area contributed by atoms with Crippen LogP contribution in [0.2, 0.25) is 0 Å². The van der Waals surface area contributed by atoms with Crippen LogP contribution in [-0.4, -0.2) is 37.9 Å². The Morgan fingerprint density at radius 2 is 0.750 bits per heavy atom. The van der Waals surface area contributed by atoms with E-state index in [0.29, 0.717) is 19.4 Å². The Morgan fingerprint density at radius 3 is 1.20 bits per heavy atom. The largest absolute Gasteiger partial charge is 0.462 e. The molecule has 0 saturated carbocycles. The highest BCUT2D eigenvalue weighted by Crippen LogP contribution is 2.14. The molecule has 0 heterocycles. The van der Waals surface area contributed by atoms with Crippen LogP contribution >= 0.6 is 0 Å². The molecule has 60 heavy (non-hydrogen) atoms. The van der Waals surface area contributed by atoms with Gasteiger partial charge in [-0.3, -0.25) is 9.59 Å². The van der Waals surface area contributed by atoms with Crippen LogP contribution in [0.15, 0.2) is 85.1 Å². The molecule has 0 spiro atoms. The smallest absolute Gasteiger partial charge is 0.306 e. The van der Waals surface area contributed by atoms with E-state index in [2.05, 4.69) is 106 Å². The van der Waals surface area contributed by atoms with E-state index in [1.165, 1.54) is 83.5 Å². The second-order valence-electron chi connectivity index (χ2n) is 16.3. The van der Waals surface area contributed by atoms with Crippen LogP contribution in [-0.2, 0) is 23.8 Å². The molecule has 0 aromatic rings. The summed E-state index contributed by atoms with van der Waals surface area (Å²) in [5, 5.41) is 0. The SMILES string of the molecule is CC/C=C\C/C=C\C/C=C\C/C=C\CCCCCCC(=O)OCC(COCCCCCC/C=C\C/C=C\C/C=C\CC)OC(=O)CCCCCCCCCCCCCCC. The Balaban J connectivity index is 4.34. The molecule has 0 N–H and O–H groups in total. The first-order valence-corrected chi connectivity index (χ1v) is 25.1. The Hall–Kier alpha value is -2.92. The van der Waals surface area contributed by atoms with Gasteiger partial charge in [0.2, 0.25) is 0 Å². The number of rotatable bonds is 45. The summed E-state index contributed by atoms with van der Waals surface area (Å²) in [7, 11) is 0. The number of hydrogen-bond donors (Lipinski definition) is 0. The summed E-state index contributed by atoms with van der Waals surface area (Å²) < 4.78 is 17.3. The first-order chi connectivity index (χ1) is 29.6. The van der Waals surface area contributed by atoms with Crippen LogP contribution in [0.5, 0.6) is 0 Å². The lowest BCUT2D eigenvalue weighted by Gasteiger charge is -2.18. The van der Waals surface area contributed by atoms with E-state index >= 15 is 0 Å². The summed E-state index contributed by atoms with van der Waals surface area (Å²) in [6, 6.07) is 0. The molecule has 1 unspecified atom stereocenters. The van der Waals surface area contributed by atoms with Gasteiger partial charge in [0.1, 0.15) is 6.61 Å². The van der Waals surface area contributed by atoms with Crippen molar-refractivity contribution in [3.05, 3.63) is 85.1 Å². The summed E-state index contributed by atoms with van der Waals surface area (Å²) in [6.07, 6.45) is 65.9. The fourth-order valence-electron chi connectivity index (χ4n) is 6.75. The van der Waals surface area contributed by atoms with Crippen molar-refractivity contribution in [2.75, 3.05) is 19.8 Å². The molecule has 0 aliphatic heterocycles. The molecule has 0 aliphatic carbocycles. The van der Waals surface area contributed by atoms with E-state index in [1.807, 2.05) is 0 Å². The fraction of sp³-hybridized carbons (Fsp3) is 0.709. The first kappa shape index (κ1) is 57.1. The lowest BCUT2D eigenvalue weighted by atomic mass is 10.0. The summed E-state index contributed by atoms with van der Waals surface area (Å²) in [4.78, 5) is 25.4. The zero-order valence-electron chi connectivity index (χ0n) is 39.5. The van der Waals surface area contributed by atoms with Crippen molar-refractivity contribution in [2.45, 2.75) is 232 Å². The Labute approximate surface area is 371 Å². The van der Waals surface area contributed by atoms with Gasteiger partial charge in [0.25, 0.3) is 0 Å². The van der Waals surface area contributed by atoms with Crippen molar-refractivity contribution in [2.24, 2.45) is 0 Å². The van der Waals surface area contributed by atoms with Crippen molar-refractivity contribution in [1.29, 1.82) is 0 Å². The number of esters is 2. The number of unbranched alkanes of at least 4 members (excludes halogenated alkanes) is 20. The maximum atomic E-state index is 12.8. The van der Waals surface area contributed by atoms with Gasteiger partial charge in [-0.15, -0.1) is 0 Å². The van der Waals surface area contributed by atoms with Gasteiger partial charge in [-0.1, -0.05) is 209 Å². The van der Waals surface area contributed by atoms with Gasteiger partial charge in [0.15, 0.2) is 6.10 Å². The predicted octanol–water partition coefficient (Wildman–Crippen LogP) is 16.9. The molecule has 344 valence electrons. The maximum absolute atomic E-state index is 12.8. The van der Waals surface area contributed by atoms with E-state index in [0.717, 1.165) is 109 Å². The fourth-order valence-corrected chi connectivity index (χ4v) is 6.75. The van der Waals surface area contributed by atoms with Gasteiger partial charge < -0.3 is 14.2 Å². The zero-order valence-corrected chi connectivity index (χ0v) is 39.5. The second-order valence-corrected chi connectivity index (χ2v) is 16.3. The van der Waals surface area contributed by atoms with Gasteiger partial charge in [-0.2, -0.15) is 0 Å². The average Bonchev–Trinajstić information content (AvgIpc) is 3.25. The third-order valence-corrected chi connectivity index (χ3v) is 10.4. The number of hydrogen-bond acceptors (Lipinski definition) is 5. The third-order valence-electron chi connectivity index (χ3n) is 10.4. The molecule has 0 rings (SSSR count). The molecular formula is C55H94O5. The highest BCUT2D eigenvalue weighted by Gasteiger charge is 2.17. The predicted molar refractivity (Wildman–Crippen MR) is 260 cm³/mol. The monoisotopic (exact) mass is 835 g/mol. The average molecular weight is 835 g/mol. The molecule has 0 radical (unpaired) electrons. The highest BCUT2D eigenvalue weighted by atomic mass is 16.6. The van der Waals surface area contributed by atoms with Gasteiger partial charge >= 0.3 is 11.9 Å². The quantitative estimate of drug-likeness (QED) is 0.0347. The summed E-state index contributed by atoms with van der Waals surface area (Å²) >= 11 is 0. The molecule has 0 amide bonds. The van der Waals surface area contributed by atoms with Crippen molar-refractivity contribution in [3.63, 3.8) is 0 Å². The van der Waals surface area contributed by atoms with Crippen LogP contribution < -0.4 is 0 Å². The van der Waals surface area contributed by atoms with E-state index in [4.69, 9.17) is 14.2 Å². The molecule has 5 heteroatoms. The molecule has 0 bridgehead atoms. The van der Waals surface area contributed by atoms with Gasteiger partial charge in [-0.25, -0.2) is 0 Å². The van der Waals surface area contributed by atoms with Crippen molar-refractivity contribution < 1.29 is 23.8 Å². The lowest BCUT2D eigenvalue weighted by molar-refractivity contribution is -0.163. The molecule has 0 aliphatic rings. The summed E-state index contributed by atoms with van der Waals surface area (Å²) in [6.45, 7) is 7.53. The molecule has 1 atom stereocenters. The zero-order chi connectivity index (χ0) is 43.5. The Morgan fingerprint density at radius 1 is 0.383 bits per heavy atom. The number of allylic oxidation sites excluding steroid dienone is 14. The highest BCUT2D eigenvalue weighted by molar-refractivity contribution is 5.70. The Kier molecular flexibility index (Phi) is 48.0. The summed E-state index contributed by atoms with van der Waals surface area (Å²) in [5.74, 6) is -0.437. The first-order valence-electron chi connectivity index (χ1n) is 25.1. The van der Waals surface area contributed by atoms with Gasteiger partial charge in [0.05, 0.1) is 6.61 Å². The van der Waals surface area contributed by atoms with E-state index < -0.39 is 6.10 Å². The number of ether oxygens (including phenoxy) is 3. The van der Waals surface area contributed by atoms with E-state index in [9.17, 15) is 9.59 Å². The minimum atomic E-state index is -0.559. The molecule has 5 nitrogen and oxygen atoms in total. The van der Waals surface area contributed by atoms with Gasteiger partial charge in [0, 0.05) is 19.4 Å². The molecular weight excluding hydrogens is 741 g/mol. The van der Waals surface area contributed by atoms with Crippen molar-refractivity contribution in [1.82, 2.24) is 0 Å². The maximum Gasteiger partial charge on any atom is 0.306 e. The Bertz CT molecular complexity index is 1130. The number of carbonyl (C=O) groups excluding carboxylic acids is 2. The summed E-state index contributed by atoms with van der Waals surface area (Å²) in [5.41, 5.74) is 0. The van der Waals surface area contributed by atoms with Crippen molar-refractivity contribution >= 4 is 11.9 Å². The van der Waals surface area contributed by atoms with Crippen LogP contribution in [0.1, 0.15) is 226 Å². The van der Waals surface area contributed by atoms with Crippen LogP contribution in [0.25, 0.3) is 0 Å². The van der Waals surface area contributed by atoms with E-state index in [-0.39, 0.29) is 25.2 Å². The number of carbonyl (C=O) groups is 2. The molecule has 0 saturated heterocycles. The van der Waals surface area contributed by atoms with Crippen LogP contribution in [0.4, 0.5) is 0 Å². The topological polar surface area (TPSA) is 61.8 Å². The molecule has 0 aromatic heterocycles. The van der Waals surface area contributed by atoms with Crippen molar-refractivity contribution in [3.8, 4) is 0 Å². The normalized spacial score (nSPS) is 12.9. The van der Waals surface area contributed by atoms with Crippen LogP contribution in [0.3, 0.4) is 0 Å². The second kappa shape index (κ2) is 50.4. The molecule has 0 aromatic carbocycles. The van der Waals surface area contributed by atoms with Crippen LogP contribution in [0, 0.1) is 0 Å². The van der Waals surface area contributed by atoms with E-state index in [1.54, 1.807) is 0 Å². The van der Waals surface area contributed by atoms with Gasteiger partial charge in [-0.05, 0) is 89.9 Å². The minimum absolute atomic E-state index is 0.0615. The lowest BCUT2D eigenvalue weighted by Crippen LogP contribution is -2.30. The molecule has 0 fully saturated rings. The minimum Gasteiger partial charge on any atom is -0.462 e. The standard InChI is InChI=1S/C55H94O5/c1-4-7-10-13-16-19-22-25-27-28-29-31-33-36-39-42-45-48-54(56)59-52-53(51-58-50-47-44-41-38-35-32-26-23-20-17-14-11-8-5-2)60-55(57)49-46-43-40-37-34-30-24-21-18-15-12-9-6-3/h7-8,10-11,16-17,19-20,25-27,29,31-32,53H,4-6,9,12-15,18,21-24,28,30,33-52H2,1-3H3/b10-7-,11-8-,19-16-,20-17-,27-25-,31-29-,32-26-.